The zero-order valence-corrected chi connectivity index (χ0v) is 16.1. The van der Waals surface area contributed by atoms with Crippen molar-refractivity contribution in [2.75, 3.05) is 46.4 Å². The summed E-state index contributed by atoms with van der Waals surface area (Å²) in [4.78, 5) is 28.0. The van der Waals surface area contributed by atoms with E-state index in [4.69, 9.17) is 9.84 Å². The van der Waals surface area contributed by atoms with E-state index in [-0.39, 0.29) is 17.8 Å². The van der Waals surface area contributed by atoms with Gasteiger partial charge >= 0.3 is 0 Å². The van der Waals surface area contributed by atoms with Crippen molar-refractivity contribution in [1.29, 1.82) is 0 Å². The van der Waals surface area contributed by atoms with E-state index in [1.54, 1.807) is 12.1 Å². The first-order valence-electron chi connectivity index (χ1n) is 9.32. The topological polar surface area (TPSA) is 103 Å². The molecule has 1 atom stereocenters. The number of aliphatic imine (C=N–C) groups is 1. The van der Waals surface area contributed by atoms with Gasteiger partial charge in [0.25, 0.3) is 5.91 Å². The average Bonchev–Trinajstić information content (AvgIpc) is 2.72. The maximum atomic E-state index is 11.8. The van der Waals surface area contributed by atoms with Gasteiger partial charge in [-0.2, -0.15) is 0 Å². The molecule has 28 heavy (non-hydrogen) atoms. The highest BCUT2D eigenvalue weighted by atomic mass is 16.5. The number of benzene rings is 1. The van der Waals surface area contributed by atoms with E-state index in [9.17, 15) is 9.59 Å². The predicted molar refractivity (Wildman–Crippen MR) is 108 cm³/mol. The Labute approximate surface area is 165 Å². The molecule has 0 bridgehead atoms. The second-order valence-electron chi connectivity index (χ2n) is 6.57. The fourth-order valence-electron chi connectivity index (χ4n) is 2.73. The lowest BCUT2D eigenvalue weighted by atomic mass is 10.2. The number of likely N-dealkylation sites (N-methyl/N-ethyl adjacent to an activating group) is 1. The Kier molecular flexibility index (Phi) is 9.17. The lowest BCUT2D eigenvalue weighted by molar-refractivity contribution is -0.109. The largest absolute Gasteiger partial charge is 0.508 e. The van der Waals surface area contributed by atoms with E-state index in [1.165, 1.54) is 12.1 Å². The molecule has 152 valence electrons. The van der Waals surface area contributed by atoms with Gasteiger partial charge in [0.2, 0.25) is 6.41 Å². The van der Waals surface area contributed by atoms with Gasteiger partial charge in [-0.15, -0.1) is 0 Å². The molecule has 0 aliphatic carbocycles. The number of carbonyl (C=O) groups is 2. The number of nitrogens with one attached hydrogen (secondary N) is 2. The number of dihydropyridines is 1. The number of carbonyl (C=O) groups excluding carboxylic acids is 2. The van der Waals surface area contributed by atoms with Crippen LogP contribution in [0.2, 0.25) is 0 Å². The van der Waals surface area contributed by atoms with Gasteiger partial charge in [-0.05, 0) is 43.8 Å². The summed E-state index contributed by atoms with van der Waals surface area (Å²) < 4.78 is 5.56. The molecule has 2 aliphatic rings. The third kappa shape index (κ3) is 7.89. The van der Waals surface area contributed by atoms with Crippen LogP contribution in [0, 0.1) is 0 Å². The van der Waals surface area contributed by atoms with Crippen molar-refractivity contribution < 1.29 is 19.4 Å². The first-order chi connectivity index (χ1) is 13.6. The third-order valence-electron chi connectivity index (χ3n) is 4.25. The average molecular weight is 388 g/mol. The van der Waals surface area contributed by atoms with Crippen LogP contribution in [0.1, 0.15) is 16.8 Å². The highest BCUT2D eigenvalue weighted by Gasteiger charge is 2.18. The van der Waals surface area contributed by atoms with E-state index in [2.05, 4.69) is 26.6 Å². The maximum absolute atomic E-state index is 11.8. The molecule has 2 amide bonds. The molecule has 0 aromatic heterocycles. The molecule has 2 aliphatic heterocycles. The molecular formula is C20H28N4O4. The molecule has 8 heteroatoms. The van der Waals surface area contributed by atoms with E-state index in [1.807, 2.05) is 13.1 Å². The van der Waals surface area contributed by atoms with Crippen molar-refractivity contribution in [1.82, 2.24) is 15.5 Å². The van der Waals surface area contributed by atoms with Crippen LogP contribution >= 0.6 is 0 Å². The van der Waals surface area contributed by atoms with Crippen LogP contribution in [-0.4, -0.2) is 80.5 Å². The first kappa shape index (κ1) is 21.6. The second kappa shape index (κ2) is 11.9. The van der Waals surface area contributed by atoms with Gasteiger partial charge < -0.3 is 25.4 Å². The SMILES string of the molecule is CN1CCOC(CNC(=O)c2ccc(O)cc2)C1.O=CNCC1=NCCC=C1. The number of phenols is 1. The number of hydrogen-bond acceptors (Lipinski definition) is 6. The lowest BCUT2D eigenvalue weighted by Crippen LogP contribution is -2.45. The molecular weight excluding hydrogens is 360 g/mol. The van der Waals surface area contributed by atoms with Gasteiger partial charge in [0, 0.05) is 31.7 Å². The number of morpholine rings is 1. The summed E-state index contributed by atoms with van der Waals surface area (Å²) in [5.41, 5.74) is 1.50. The van der Waals surface area contributed by atoms with Crippen LogP contribution in [0.15, 0.2) is 41.4 Å². The Balaban J connectivity index is 0.000000237. The van der Waals surface area contributed by atoms with Gasteiger partial charge in [0.15, 0.2) is 0 Å². The molecule has 3 rings (SSSR count). The highest BCUT2D eigenvalue weighted by Crippen LogP contribution is 2.09. The molecule has 1 aromatic carbocycles. The molecule has 2 heterocycles. The monoisotopic (exact) mass is 388 g/mol. The van der Waals surface area contributed by atoms with Gasteiger partial charge in [-0.25, -0.2) is 0 Å². The number of amides is 2. The number of rotatable bonds is 6. The second-order valence-corrected chi connectivity index (χ2v) is 6.57. The molecule has 1 fully saturated rings. The van der Waals surface area contributed by atoms with Gasteiger partial charge in [-0.3, -0.25) is 14.6 Å². The highest BCUT2D eigenvalue weighted by molar-refractivity contribution is 5.97. The summed E-state index contributed by atoms with van der Waals surface area (Å²) >= 11 is 0. The summed E-state index contributed by atoms with van der Waals surface area (Å²) in [6.07, 6.45) is 5.76. The van der Waals surface area contributed by atoms with Crippen LogP contribution in [0.3, 0.4) is 0 Å². The van der Waals surface area contributed by atoms with Crippen molar-refractivity contribution in [2.24, 2.45) is 4.99 Å². The third-order valence-corrected chi connectivity index (χ3v) is 4.25. The van der Waals surface area contributed by atoms with E-state index in [0.29, 0.717) is 31.7 Å². The van der Waals surface area contributed by atoms with E-state index in [0.717, 1.165) is 31.8 Å². The van der Waals surface area contributed by atoms with E-state index >= 15 is 0 Å². The molecule has 8 nitrogen and oxygen atoms in total. The lowest BCUT2D eigenvalue weighted by Gasteiger charge is -2.30. The van der Waals surface area contributed by atoms with Crippen molar-refractivity contribution >= 4 is 18.0 Å². The zero-order chi connectivity index (χ0) is 20.2. The molecule has 1 saturated heterocycles. The van der Waals surface area contributed by atoms with Crippen molar-refractivity contribution in [2.45, 2.75) is 12.5 Å². The van der Waals surface area contributed by atoms with Crippen LogP contribution in [0.25, 0.3) is 0 Å². The summed E-state index contributed by atoms with van der Waals surface area (Å²) in [5.74, 6) is 0.00983. The van der Waals surface area contributed by atoms with Gasteiger partial charge in [0.05, 0.1) is 25.0 Å². The molecule has 0 spiro atoms. The Morgan fingerprint density at radius 1 is 1.39 bits per heavy atom. The fourth-order valence-corrected chi connectivity index (χ4v) is 2.73. The number of ether oxygens (including phenoxy) is 1. The number of hydrogen-bond donors (Lipinski definition) is 3. The number of aromatic hydroxyl groups is 1. The standard InChI is InChI=1S/C13H18N2O3.C7H10N2O/c1-15-6-7-18-12(9-15)8-14-13(17)10-2-4-11(16)5-3-10;10-6-8-5-7-3-1-2-4-9-7/h2-5,12,16H,6-9H2,1H3,(H,14,17);1,3,6H,2,4-5H2,(H,8,10). The summed E-state index contributed by atoms with van der Waals surface area (Å²) in [7, 11) is 2.04. The quantitative estimate of drug-likeness (QED) is 0.619. The minimum absolute atomic E-state index is 0.0461. The molecule has 0 radical (unpaired) electrons. The Bertz CT molecular complexity index is 688. The van der Waals surface area contributed by atoms with Crippen molar-refractivity contribution in [3.8, 4) is 5.75 Å². The van der Waals surface area contributed by atoms with Crippen molar-refractivity contribution in [3.63, 3.8) is 0 Å². The predicted octanol–water partition coefficient (Wildman–Crippen LogP) is 0.586. The normalized spacial score (nSPS) is 19.0. The van der Waals surface area contributed by atoms with Crippen LogP contribution in [0.4, 0.5) is 0 Å². The minimum atomic E-state index is -0.146. The molecule has 0 saturated carbocycles. The smallest absolute Gasteiger partial charge is 0.251 e. The Morgan fingerprint density at radius 3 is 2.82 bits per heavy atom. The van der Waals surface area contributed by atoms with Gasteiger partial charge in [-0.1, -0.05) is 6.08 Å². The molecule has 1 unspecified atom stereocenters. The van der Waals surface area contributed by atoms with Crippen LogP contribution in [0.5, 0.6) is 5.75 Å². The minimum Gasteiger partial charge on any atom is -0.508 e. The maximum Gasteiger partial charge on any atom is 0.251 e. The summed E-state index contributed by atoms with van der Waals surface area (Å²) in [6.45, 7) is 4.38. The Morgan fingerprint density at radius 2 is 2.18 bits per heavy atom. The molecule has 1 aromatic rings. The Hall–Kier alpha value is -2.71. The molecule has 3 N–H and O–H groups in total. The van der Waals surface area contributed by atoms with Crippen LogP contribution < -0.4 is 10.6 Å². The zero-order valence-electron chi connectivity index (χ0n) is 16.1. The van der Waals surface area contributed by atoms with Crippen molar-refractivity contribution in [3.05, 3.63) is 42.0 Å². The van der Waals surface area contributed by atoms with Gasteiger partial charge in [0.1, 0.15) is 5.75 Å². The van der Waals surface area contributed by atoms with E-state index < -0.39 is 0 Å². The summed E-state index contributed by atoms with van der Waals surface area (Å²) in [5, 5.41) is 14.5. The number of phenolic OH excluding ortho intramolecular Hbond substituents is 1. The van der Waals surface area contributed by atoms with Crippen LogP contribution in [-0.2, 0) is 9.53 Å². The summed E-state index contributed by atoms with van der Waals surface area (Å²) in [6, 6.07) is 6.19. The number of nitrogens with zero attached hydrogens (tertiary/aromatic N) is 2. The fraction of sp³-hybridized carbons (Fsp3) is 0.450. The first-order valence-corrected chi connectivity index (χ1v) is 9.32.